The van der Waals surface area contributed by atoms with Gasteiger partial charge in [0.2, 0.25) is 5.91 Å². The SMILES string of the molecule is CC(=O)OC1CC[C@]2(C)[C@H]3CC=C4[C@H]5[C@H](C)[C@@H](C)CC[C@]5(C(=O)NCCN)CC[C@@]4(C)[C@]3(C)CC[C@H]2C1(C)C. The number of esters is 1. The molecule has 4 saturated carbocycles. The third-order valence-corrected chi connectivity index (χ3v) is 14.1. The minimum atomic E-state index is -0.291. The summed E-state index contributed by atoms with van der Waals surface area (Å²) in [6.45, 7) is 19.9. The van der Waals surface area contributed by atoms with Crippen LogP contribution in [0.15, 0.2) is 11.6 Å². The first-order valence-electron chi connectivity index (χ1n) is 16.0. The first-order valence-corrected chi connectivity index (χ1v) is 16.0. The highest BCUT2D eigenvalue weighted by Crippen LogP contribution is 2.75. The Morgan fingerprint density at radius 3 is 2.36 bits per heavy atom. The van der Waals surface area contributed by atoms with Crippen molar-refractivity contribution in [1.29, 1.82) is 0 Å². The molecule has 0 bridgehead atoms. The van der Waals surface area contributed by atoms with E-state index in [1.165, 1.54) is 12.8 Å². The number of hydrogen-bond donors (Lipinski definition) is 2. The molecule has 0 aromatic heterocycles. The largest absolute Gasteiger partial charge is 0.462 e. The maximum Gasteiger partial charge on any atom is 0.302 e. The van der Waals surface area contributed by atoms with Crippen molar-refractivity contribution in [2.24, 2.45) is 62.4 Å². The van der Waals surface area contributed by atoms with Crippen molar-refractivity contribution in [2.75, 3.05) is 13.1 Å². The summed E-state index contributed by atoms with van der Waals surface area (Å²) in [6, 6.07) is 0. The van der Waals surface area contributed by atoms with Gasteiger partial charge >= 0.3 is 5.97 Å². The lowest BCUT2D eigenvalue weighted by Gasteiger charge is -2.71. The molecular weight excluding hydrogens is 484 g/mol. The van der Waals surface area contributed by atoms with Crippen molar-refractivity contribution in [3.05, 3.63) is 11.6 Å². The molecule has 5 aliphatic carbocycles. The molecule has 10 atom stereocenters. The molecule has 0 aromatic rings. The number of carbonyl (C=O) groups is 2. The molecule has 3 N–H and O–H groups in total. The molecule has 39 heavy (non-hydrogen) atoms. The smallest absolute Gasteiger partial charge is 0.302 e. The van der Waals surface area contributed by atoms with E-state index in [1.807, 2.05) is 0 Å². The van der Waals surface area contributed by atoms with Crippen LogP contribution in [0.4, 0.5) is 0 Å². The molecular formula is C34H56N2O3. The van der Waals surface area contributed by atoms with Gasteiger partial charge in [-0.15, -0.1) is 0 Å². The van der Waals surface area contributed by atoms with E-state index < -0.39 is 0 Å². The van der Waals surface area contributed by atoms with Gasteiger partial charge in [0, 0.05) is 25.4 Å². The zero-order valence-corrected chi connectivity index (χ0v) is 26.1. The Balaban J connectivity index is 1.54. The summed E-state index contributed by atoms with van der Waals surface area (Å²) in [5, 5.41) is 3.24. The number of nitrogens with two attached hydrogens (primary N) is 1. The Morgan fingerprint density at radius 1 is 0.974 bits per heavy atom. The molecule has 1 unspecified atom stereocenters. The first-order chi connectivity index (χ1) is 18.2. The van der Waals surface area contributed by atoms with Crippen molar-refractivity contribution < 1.29 is 14.3 Å². The summed E-state index contributed by atoms with van der Waals surface area (Å²) in [5.41, 5.74) is 7.63. The Labute approximate surface area is 237 Å². The number of rotatable bonds is 4. The Hall–Kier alpha value is -1.36. The summed E-state index contributed by atoms with van der Waals surface area (Å²) >= 11 is 0. The zero-order chi connectivity index (χ0) is 28.6. The Morgan fingerprint density at radius 2 is 1.69 bits per heavy atom. The van der Waals surface area contributed by atoms with Gasteiger partial charge in [0.05, 0.1) is 5.41 Å². The number of nitrogens with one attached hydrogen (secondary N) is 1. The number of allylic oxidation sites excluding steroid dienone is 2. The molecule has 0 radical (unpaired) electrons. The molecule has 220 valence electrons. The molecule has 5 rings (SSSR count). The standard InChI is InChI=1S/C34H56N2O3/c1-21-11-16-34(29(38)36-20-19-35)18-17-32(7)24(28(34)22(21)2)9-10-26-31(6)14-13-27(39-23(3)37)30(4,5)25(31)12-15-33(26,32)8/h9,21-22,25-28H,10-20,35H2,1-8H3,(H,36,38)/t21-,22+,25-,26+,27?,28+,31-,32+,33+,34-/m0/s1. The van der Waals surface area contributed by atoms with Crippen LogP contribution in [0.1, 0.15) is 113 Å². The fraction of sp³-hybridized carbons (Fsp3) is 0.882. The van der Waals surface area contributed by atoms with Crippen molar-refractivity contribution >= 4 is 11.9 Å². The molecule has 0 spiro atoms. The van der Waals surface area contributed by atoms with Crippen LogP contribution in [0.5, 0.6) is 0 Å². The van der Waals surface area contributed by atoms with Gasteiger partial charge in [-0.3, -0.25) is 9.59 Å². The van der Waals surface area contributed by atoms with Crippen LogP contribution < -0.4 is 11.1 Å². The molecule has 4 fully saturated rings. The van der Waals surface area contributed by atoms with E-state index in [4.69, 9.17) is 10.5 Å². The number of ether oxygens (including phenoxy) is 1. The van der Waals surface area contributed by atoms with Gasteiger partial charge in [-0.05, 0) is 104 Å². The lowest BCUT2D eigenvalue weighted by molar-refractivity contribution is -0.212. The summed E-state index contributed by atoms with van der Waals surface area (Å²) in [6.07, 6.45) is 12.5. The van der Waals surface area contributed by atoms with Crippen molar-refractivity contribution in [3.8, 4) is 0 Å². The average Bonchev–Trinajstić information content (AvgIpc) is 2.86. The van der Waals surface area contributed by atoms with Crippen LogP contribution in [-0.2, 0) is 14.3 Å². The predicted octanol–water partition coefficient (Wildman–Crippen LogP) is 6.65. The summed E-state index contributed by atoms with van der Waals surface area (Å²) in [4.78, 5) is 25.8. The third kappa shape index (κ3) is 3.94. The Bertz CT molecular complexity index is 1040. The molecule has 5 heteroatoms. The second kappa shape index (κ2) is 9.60. The predicted molar refractivity (Wildman–Crippen MR) is 157 cm³/mol. The summed E-state index contributed by atoms with van der Waals surface area (Å²) < 4.78 is 5.91. The molecule has 0 saturated heterocycles. The summed E-state index contributed by atoms with van der Waals surface area (Å²) in [5.74, 6) is 2.70. The first kappa shape index (κ1) is 29.1. The van der Waals surface area contributed by atoms with Crippen molar-refractivity contribution in [1.82, 2.24) is 5.32 Å². The third-order valence-electron chi connectivity index (χ3n) is 14.1. The normalized spacial score (nSPS) is 48.4. The fourth-order valence-electron chi connectivity index (χ4n) is 11.6. The molecule has 5 aliphatic rings. The topological polar surface area (TPSA) is 81.4 Å². The van der Waals surface area contributed by atoms with Gasteiger partial charge in [-0.25, -0.2) is 0 Å². The van der Waals surface area contributed by atoms with Crippen LogP contribution in [-0.4, -0.2) is 31.1 Å². The van der Waals surface area contributed by atoms with Gasteiger partial charge in [-0.2, -0.15) is 0 Å². The van der Waals surface area contributed by atoms with E-state index in [0.717, 1.165) is 44.9 Å². The van der Waals surface area contributed by atoms with Crippen LogP contribution >= 0.6 is 0 Å². The lowest BCUT2D eigenvalue weighted by atomic mass is 9.33. The molecule has 0 aromatic carbocycles. The van der Waals surface area contributed by atoms with Crippen LogP contribution in [0, 0.1) is 56.7 Å². The van der Waals surface area contributed by atoms with Gasteiger partial charge < -0.3 is 15.8 Å². The molecule has 5 nitrogen and oxygen atoms in total. The quantitative estimate of drug-likeness (QED) is 0.309. The highest BCUT2D eigenvalue weighted by Gasteiger charge is 2.69. The van der Waals surface area contributed by atoms with Crippen molar-refractivity contribution in [2.45, 2.75) is 119 Å². The molecule has 0 heterocycles. The highest BCUT2D eigenvalue weighted by atomic mass is 16.5. The number of fused-ring (bicyclic) bond motifs is 7. The molecule has 1 amide bonds. The van der Waals surface area contributed by atoms with E-state index >= 15 is 0 Å². The number of hydrogen-bond acceptors (Lipinski definition) is 4. The minimum absolute atomic E-state index is 0.00891. The number of carbonyl (C=O) groups excluding carboxylic acids is 2. The zero-order valence-electron chi connectivity index (χ0n) is 26.1. The second-order valence-corrected chi connectivity index (χ2v) is 15.8. The van der Waals surface area contributed by atoms with Crippen LogP contribution in [0.3, 0.4) is 0 Å². The maximum atomic E-state index is 13.9. The fourth-order valence-corrected chi connectivity index (χ4v) is 11.6. The average molecular weight is 541 g/mol. The number of amides is 1. The van der Waals surface area contributed by atoms with Gasteiger partial charge in [0.1, 0.15) is 6.10 Å². The summed E-state index contributed by atoms with van der Waals surface area (Å²) in [7, 11) is 0. The van der Waals surface area contributed by atoms with Crippen LogP contribution in [0.25, 0.3) is 0 Å². The maximum absolute atomic E-state index is 13.9. The van der Waals surface area contributed by atoms with Gasteiger partial charge in [-0.1, -0.05) is 60.1 Å². The lowest BCUT2D eigenvalue weighted by Crippen LogP contribution is -2.66. The minimum Gasteiger partial charge on any atom is -0.462 e. The van der Waals surface area contributed by atoms with E-state index in [1.54, 1.807) is 12.5 Å². The highest BCUT2D eigenvalue weighted by molar-refractivity contribution is 5.84. The molecule has 0 aliphatic heterocycles. The van der Waals surface area contributed by atoms with E-state index in [0.29, 0.717) is 42.7 Å². The van der Waals surface area contributed by atoms with Gasteiger partial charge in [0.25, 0.3) is 0 Å². The monoisotopic (exact) mass is 540 g/mol. The van der Waals surface area contributed by atoms with Gasteiger partial charge in [0.15, 0.2) is 0 Å². The Kier molecular flexibility index (Phi) is 7.17. The van der Waals surface area contributed by atoms with Crippen molar-refractivity contribution in [3.63, 3.8) is 0 Å². The van der Waals surface area contributed by atoms with E-state index in [2.05, 4.69) is 59.9 Å². The van der Waals surface area contributed by atoms with Crippen LogP contribution in [0.2, 0.25) is 0 Å². The van der Waals surface area contributed by atoms with E-state index in [-0.39, 0.29) is 45.1 Å². The van der Waals surface area contributed by atoms with E-state index in [9.17, 15) is 9.59 Å². The second-order valence-electron chi connectivity index (χ2n) is 15.8.